The summed E-state index contributed by atoms with van der Waals surface area (Å²) in [4.78, 5) is 3.52. The van der Waals surface area contributed by atoms with Crippen LogP contribution in [0.3, 0.4) is 0 Å². The maximum atomic E-state index is 12.6. The van der Waals surface area contributed by atoms with E-state index in [9.17, 15) is 13.2 Å². The summed E-state index contributed by atoms with van der Waals surface area (Å²) in [6.07, 6.45) is -3.39. The molecule has 2 heterocycles. The van der Waals surface area contributed by atoms with Gasteiger partial charge >= 0.3 is 6.18 Å². The first-order chi connectivity index (χ1) is 6.91. The zero-order valence-corrected chi connectivity index (χ0v) is 8.67. The minimum atomic E-state index is -4.48. The fourth-order valence-corrected chi connectivity index (χ4v) is 1.74. The molecule has 8 heteroatoms. The normalized spacial score (nSPS) is 12.3. The SMILES string of the molecule is Nc1ncnn2c(Br)cc(C(F)(F)F)c12. The van der Waals surface area contributed by atoms with Gasteiger partial charge in [0, 0.05) is 0 Å². The van der Waals surface area contributed by atoms with Gasteiger partial charge in [0.1, 0.15) is 16.4 Å². The van der Waals surface area contributed by atoms with E-state index in [1.54, 1.807) is 0 Å². The molecule has 0 saturated carbocycles. The number of nitrogens with two attached hydrogens (primary N) is 1. The second-order valence-electron chi connectivity index (χ2n) is 2.78. The molecule has 2 rings (SSSR count). The third kappa shape index (κ3) is 1.54. The van der Waals surface area contributed by atoms with Crippen LogP contribution in [0.5, 0.6) is 0 Å². The molecule has 0 radical (unpaired) electrons. The van der Waals surface area contributed by atoms with Crippen LogP contribution in [0.1, 0.15) is 5.56 Å². The number of hydrogen-bond donors (Lipinski definition) is 1. The summed E-state index contributed by atoms with van der Waals surface area (Å²) >= 11 is 2.96. The van der Waals surface area contributed by atoms with Crippen LogP contribution in [0.15, 0.2) is 17.0 Å². The molecule has 0 saturated heterocycles. The Labute approximate surface area is 90.0 Å². The van der Waals surface area contributed by atoms with E-state index in [0.717, 1.165) is 16.9 Å². The monoisotopic (exact) mass is 280 g/mol. The van der Waals surface area contributed by atoms with Gasteiger partial charge in [-0.25, -0.2) is 9.50 Å². The molecule has 0 atom stereocenters. The summed E-state index contributed by atoms with van der Waals surface area (Å²) in [6, 6.07) is 0.917. The van der Waals surface area contributed by atoms with Gasteiger partial charge in [0.25, 0.3) is 0 Å². The van der Waals surface area contributed by atoms with E-state index in [0.29, 0.717) is 0 Å². The van der Waals surface area contributed by atoms with Gasteiger partial charge in [-0.05, 0) is 22.0 Å². The second-order valence-corrected chi connectivity index (χ2v) is 3.60. The molecule has 80 valence electrons. The highest BCUT2D eigenvalue weighted by molar-refractivity contribution is 9.10. The molecule has 0 aliphatic carbocycles. The summed E-state index contributed by atoms with van der Waals surface area (Å²) in [7, 11) is 0. The number of halogens is 4. The number of anilines is 1. The van der Waals surface area contributed by atoms with Crippen molar-refractivity contribution in [2.75, 3.05) is 5.73 Å². The molecule has 15 heavy (non-hydrogen) atoms. The number of rotatable bonds is 0. The molecule has 2 aromatic heterocycles. The molecule has 2 N–H and O–H groups in total. The van der Waals surface area contributed by atoms with Crippen molar-refractivity contribution in [3.8, 4) is 0 Å². The quantitative estimate of drug-likeness (QED) is 0.804. The van der Waals surface area contributed by atoms with E-state index in [1.807, 2.05) is 0 Å². The number of hydrogen-bond acceptors (Lipinski definition) is 3. The lowest BCUT2D eigenvalue weighted by Crippen LogP contribution is -2.07. The number of nitrogens with zero attached hydrogens (tertiary/aromatic N) is 3. The highest BCUT2D eigenvalue weighted by Crippen LogP contribution is 2.36. The Kier molecular flexibility index (Phi) is 2.10. The van der Waals surface area contributed by atoms with E-state index >= 15 is 0 Å². The first-order valence-corrected chi connectivity index (χ1v) is 4.55. The first kappa shape index (κ1) is 10.2. The molecule has 2 aromatic rings. The average Bonchev–Trinajstić information content (AvgIpc) is 2.45. The standard InChI is InChI=1S/C7H4BrF3N4/c8-4-1-3(7(9,10)11)5-6(12)13-2-14-15(4)5/h1-2H,(H2,12,13,14). The van der Waals surface area contributed by atoms with Gasteiger partial charge in [-0.2, -0.15) is 18.3 Å². The van der Waals surface area contributed by atoms with Gasteiger partial charge in [-0.3, -0.25) is 0 Å². The van der Waals surface area contributed by atoms with Crippen LogP contribution in [0.25, 0.3) is 5.52 Å². The van der Waals surface area contributed by atoms with Crippen LogP contribution < -0.4 is 5.73 Å². The Morgan fingerprint density at radius 1 is 1.40 bits per heavy atom. The van der Waals surface area contributed by atoms with Crippen LogP contribution in [-0.2, 0) is 6.18 Å². The minimum absolute atomic E-state index is 0.180. The largest absolute Gasteiger partial charge is 0.418 e. The zero-order chi connectivity index (χ0) is 11.2. The Balaban J connectivity index is 2.88. The van der Waals surface area contributed by atoms with Gasteiger partial charge in [-0.15, -0.1) is 0 Å². The first-order valence-electron chi connectivity index (χ1n) is 3.76. The third-order valence-electron chi connectivity index (χ3n) is 1.84. The van der Waals surface area contributed by atoms with Crippen molar-refractivity contribution in [3.63, 3.8) is 0 Å². The smallest absolute Gasteiger partial charge is 0.382 e. The molecule has 0 aromatic carbocycles. The van der Waals surface area contributed by atoms with Gasteiger partial charge in [0.15, 0.2) is 5.82 Å². The van der Waals surface area contributed by atoms with E-state index in [4.69, 9.17) is 5.73 Å². The predicted molar refractivity (Wildman–Crippen MR) is 50.1 cm³/mol. The molecule has 0 unspecified atom stereocenters. The summed E-state index contributed by atoms with van der Waals surface area (Å²) < 4.78 is 38.9. The third-order valence-corrected chi connectivity index (χ3v) is 2.41. The molecular formula is C7H4BrF3N4. The molecule has 0 aliphatic rings. The lowest BCUT2D eigenvalue weighted by atomic mass is 10.3. The highest BCUT2D eigenvalue weighted by Gasteiger charge is 2.35. The Hall–Kier alpha value is -1.31. The van der Waals surface area contributed by atoms with Crippen molar-refractivity contribution < 1.29 is 13.2 Å². The Bertz CT molecular complexity index is 519. The predicted octanol–water partition coefficient (Wildman–Crippen LogP) is 2.09. The summed E-state index contributed by atoms with van der Waals surface area (Å²) in [5.41, 5.74) is 4.28. The molecule has 0 fully saturated rings. The number of nitrogen functional groups attached to an aromatic ring is 1. The number of aromatic nitrogens is 3. The van der Waals surface area contributed by atoms with E-state index in [2.05, 4.69) is 26.0 Å². The van der Waals surface area contributed by atoms with Crippen molar-refractivity contribution in [1.82, 2.24) is 14.6 Å². The zero-order valence-electron chi connectivity index (χ0n) is 7.09. The maximum absolute atomic E-state index is 12.6. The van der Waals surface area contributed by atoms with Gasteiger partial charge < -0.3 is 5.73 Å². The fourth-order valence-electron chi connectivity index (χ4n) is 1.25. The van der Waals surface area contributed by atoms with Crippen LogP contribution in [0, 0.1) is 0 Å². The molecular weight excluding hydrogens is 277 g/mol. The van der Waals surface area contributed by atoms with Crippen molar-refractivity contribution >= 4 is 27.3 Å². The number of alkyl halides is 3. The summed E-state index contributed by atoms with van der Waals surface area (Å²) in [6.45, 7) is 0. The van der Waals surface area contributed by atoms with Crippen molar-refractivity contribution in [3.05, 3.63) is 22.6 Å². The Morgan fingerprint density at radius 3 is 2.67 bits per heavy atom. The minimum Gasteiger partial charge on any atom is -0.382 e. The average molecular weight is 281 g/mol. The summed E-state index contributed by atoms with van der Waals surface area (Å²) in [5.74, 6) is -0.206. The van der Waals surface area contributed by atoms with E-state index in [-0.39, 0.29) is 15.9 Å². The highest BCUT2D eigenvalue weighted by atomic mass is 79.9. The van der Waals surface area contributed by atoms with Crippen molar-refractivity contribution in [2.45, 2.75) is 6.18 Å². The molecule has 0 bridgehead atoms. The molecule has 4 nitrogen and oxygen atoms in total. The van der Waals surface area contributed by atoms with Crippen LogP contribution in [0.4, 0.5) is 19.0 Å². The lowest BCUT2D eigenvalue weighted by Gasteiger charge is -2.05. The number of fused-ring (bicyclic) bond motifs is 1. The van der Waals surface area contributed by atoms with Crippen LogP contribution in [0.2, 0.25) is 0 Å². The maximum Gasteiger partial charge on any atom is 0.418 e. The molecule has 0 amide bonds. The molecule has 0 aliphatic heterocycles. The van der Waals surface area contributed by atoms with Crippen LogP contribution >= 0.6 is 15.9 Å². The fraction of sp³-hybridized carbons (Fsp3) is 0.143. The van der Waals surface area contributed by atoms with Crippen LogP contribution in [-0.4, -0.2) is 14.6 Å². The second kappa shape index (κ2) is 3.09. The summed E-state index contributed by atoms with van der Waals surface area (Å²) in [5, 5.41) is 3.65. The van der Waals surface area contributed by atoms with Gasteiger partial charge in [0.05, 0.1) is 5.56 Å². The lowest BCUT2D eigenvalue weighted by molar-refractivity contribution is -0.136. The molecule has 0 spiro atoms. The topological polar surface area (TPSA) is 56.2 Å². The Morgan fingerprint density at radius 2 is 2.07 bits per heavy atom. The van der Waals surface area contributed by atoms with E-state index < -0.39 is 11.7 Å². The van der Waals surface area contributed by atoms with Gasteiger partial charge in [-0.1, -0.05) is 0 Å². The van der Waals surface area contributed by atoms with Crippen molar-refractivity contribution in [2.24, 2.45) is 0 Å². The van der Waals surface area contributed by atoms with Crippen molar-refractivity contribution in [1.29, 1.82) is 0 Å². The van der Waals surface area contributed by atoms with E-state index in [1.165, 1.54) is 0 Å². The van der Waals surface area contributed by atoms with Gasteiger partial charge in [0.2, 0.25) is 0 Å².